The van der Waals surface area contributed by atoms with Gasteiger partial charge in [-0.05, 0) is 25.1 Å². The number of anilines is 2. The zero-order valence-corrected chi connectivity index (χ0v) is 17.0. The molecule has 8 nitrogen and oxygen atoms in total. The number of carbonyl (C=O) groups is 1. The molecule has 2 fully saturated rings. The van der Waals surface area contributed by atoms with Crippen molar-refractivity contribution in [3.05, 3.63) is 41.7 Å². The molecule has 3 heterocycles. The molecule has 8 heteroatoms. The molecule has 1 amide bonds. The second-order valence-electron chi connectivity index (χ2n) is 7.24. The Hall–Kier alpha value is -2.87. The summed E-state index contributed by atoms with van der Waals surface area (Å²) in [6.45, 7) is 7.88. The third kappa shape index (κ3) is 4.42. The van der Waals surface area contributed by atoms with Gasteiger partial charge in [0, 0.05) is 50.9 Å². The number of methoxy groups -OCH3 is 1. The van der Waals surface area contributed by atoms with E-state index in [0.29, 0.717) is 24.4 Å². The summed E-state index contributed by atoms with van der Waals surface area (Å²) in [6, 6.07) is 9.37. The molecular formula is C21H27N5O3. The van der Waals surface area contributed by atoms with Gasteiger partial charge in [-0.15, -0.1) is 0 Å². The molecule has 0 saturated carbocycles. The summed E-state index contributed by atoms with van der Waals surface area (Å²) in [5, 5.41) is 0. The van der Waals surface area contributed by atoms with Gasteiger partial charge >= 0.3 is 0 Å². The first kappa shape index (κ1) is 19.4. The molecule has 0 unspecified atom stereocenters. The molecule has 4 rings (SSSR count). The van der Waals surface area contributed by atoms with Crippen LogP contribution in [0.1, 0.15) is 16.2 Å². The number of aromatic nitrogens is 2. The lowest BCUT2D eigenvalue weighted by Gasteiger charge is -2.36. The molecule has 2 aliphatic rings. The van der Waals surface area contributed by atoms with Crippen molar-refractivity contribution in [2.45, 2.75) is 6.92 Å². The molecule has 0 N–H and O–H groups in total. The van der Waals surface area contributed by atoms with Crippen LogP contribution in [0.4, 0.5) is 11.6 Å². The molecule has 29 heavy (non-hydrogen) atoms. The van der Waals surface area contributed by atoms with Crippen LogP contribution >= 0.6 is 0 Å². The average Bonchev–Trinajstić information content (AvgIpc) is 2.79. The lowest BCUT2D eigenvalue weighted by Crippen LogP contribution is -2.49. The maximum Gasteiger partial charge on any atom is 0.254 e. The Labute approximate surface area is 171 Å². The van der Waals surface area contributed by atoms with Crippen LogP contribution in [-0.2, 0) is 4.74 Å². The van der Waals surface area contributed by atoms with E-state index in [1.165, 1.54) is 0 Å². The molecule has 0 aliphatic carbocycles. The van der Waals surface area contributed by atoms with E-state index in [-0.39, 0.29) is 5.91 Å². The van der Waals surface area contributed by atoms with Crippen LogP contribution in [0, 0.1) is 6.92 Å². The van der Waals surface area contributed by atoms with E-state index in [1.807, 2.05) is 30.0 Å². The third-order valence-corrected chi connectivity index (χ3v) is 5.35. The smallest absolute Gasteiger partial charge is 0.254 e. The summed E-state index contributed by atoms with van der Waals surface area (Å²) in [6.07, 6.45) is 0. The highest BCUT2D eigenvalue weighted by molar-refractivity contribution is 5.94. The van der Waals surface area contributed by atoms with Gasteiger partial charge in [0.1, 0.15) is 23.2 Å². The molecule has 154 valence electrons. The fourth-order valence-corrected chi connectivity index (χ4v) is 3.73. The van der Waals surface area contributed by atoms with Gasteiger partial charge in [0.15, 0.2) is 0 Å². The topological polar surface area (TPSA) is 71.0 Å². The van der Waals surface area contributed by atoms with E-state index in [9.17, 15) is 4.79 Å². The highest BCUT2D eigenvalue weighted by atomic mass is 16.5. The molecule has 1 aromatic heterocycles. The quantitative estimate of drug-likeness (QED) is 0.776. The second kappa shape index (κ2) is 8.65. The van der Waals surface area contributed by atoms with Crippen molar-refractivity contribution in [1.29, 1.82) is 0 Å². The van der Waals surface area contributed by atoms with Crippen molar-refractivity contribution in [3.8, 4) is 5.75 Å². The van der Waals surface area contributed by atoms with Gasteiger partial charge in [-0.2, -0.15) is 0 Å². The first-order valence-corrected chi connectivity index (χ1v) is 10.0. The Bertz CT molecular complexity index is 861. The third-order valence-electron chi connectivity index (χ3n) is 5.35. The van der Waals surface area contributed by atoms with Crippen molar-refractivity contribution in [1.82, 2.24) is 14.9 Å². The molecule has 2 aliphatic heterocycles. The summed E-state index contributed by atoms with van der Waals surface area (Å²) >= 11 is 0. The van der Waals surface area contributed by atoms with Crippen LogP contribution in [0.25, 0.3) is 0 Å². The minimum Gasteiger partial charge on any atom is -0.497 e. The summed E-state index contributed by atoms with van der Waals surface area (Å²) in [7, 11) is 1.61. The van der Waals surface area contributed by atoms with Crippen LogP contribution < -0.4 is 14.5 Å². The van der Waals surface area contributed by atoms with E-state index in [2.05, 4.69) is 25.8 Å². The number of nitrogens with zero attached hydrogens (tertiary/aromatic N) is 5. The van der Waals surface area contributed by atoms with E-state index >= 15 is 0 Å². The minimum absolute atomic E-state index is 0.0384. The maximum atomic E-state index is 12.8. The van der Waals surface area contributed by atoms with Crippen molar-refractivity contribution in [3.63, 3.8) is 0 Å². The van der Waals surface area contributed by atoms with Crippen molar-refractivity contribution in [2.24, 2.45) is 0 Å². The fourth-order valence-electron chi connectivity index (χ4n) is 3.73. The summed E-state index contributed by atoms with van der Waals surface area (Å²) < 4.78 is 10.7. The highest BCUT2D eigenvalue weighted by Crippen LogP contribution is 2.22. The Morgan fingerprint density at radius 3 is 2.28 bits per heavy atom. The molecule has 1 aromatic carbocycles. The molecule has 2 saturated heterocycles. The normalized spacial score (nSPS) is 17.4. The van der Waals surface area contributed by atoms with Crippen LogP contribution in [0.5, 0.6) is 5.75 Å². The average molecular weight is 397 g/mol. The van der Waals surface area contributed by atoms with Gasteiger partial charge in [0.2, 0.25) is 0 Å². The molecule has 0 spiro atoms. The second-order valence-corrected chi connectivity index (χ2v) is 7.24. The first-order valence-electron chi connectivity index (χ1n) is 10.0. The summed E-state index contributed by atoms with van der Waals surface area (Å²) in [5.41, 5.74) is 0.658. The summed E-state index contributed by atoms with van der Waals surface area (Å²) in [5.74, 6) is 3.37. The van der Waals surface area contributed by atoms with Gasteiger partial charge in [0.25, 0.3) is 5.91 Å². The SMILES string of the molecule is COc1cccc(C(=O)N2CCN(c3cc(N4CCOCC4)nc(C)n3)CC2)c1. The van der Waals surface area contributed by atoms with Gasteiger partial charge in [-0.3, -0.25) is 4.79 Å². The zero-order valence-electron chi connectivity index (χ0n) is 17.0. The Kier molecular flexibility index (Phi) is 5.80. The predicted molar refractivity (Wildman–Crippen MR) is 111 cm³/mol. The van der Waals surface area contributed by atoms with Gasteiger partial charge < -0.3 is 24.2 Å². The van der Waals surface area contributed by atoms with Gasteiger partial charge in [-0.1, -0.05) is 6.07 Å². The van der Waals surface area contributed by atoms with Crippen molar-refractivity contribution < 1.29 is 14.3 Å². The maximum absolute atomic E-state index is 12.8. The summed E-state index contributed by atoms with van der Waals surface area (Å²) in [4.78, 5) is 28.4. The number of piperazine rings is 1. The molecule has 0 bridgehead atoms. The Balaban J connectivity index is 1.42. The number of hydrogen-bond acceptors (Lipinski definition) is 7. The number of carbonyl (C=O) groups excluding carboxylic acids is 1. The molecular weight excluding hydrogens is 370 g/mol. The van der Waals surface area contributed by atoms with Crippen LogP contribution in [0.2, 0.25) is 0 Å². The monoisotopic (exact) mass is 397 g/mol. The van der Waals surface area contributed by atoms with Crippen LogP contribution in [0.3, 0.4) is 0 Å². The largest absolute Gasteiger partial charge is 0.497 e. The van der Waals surface area contributed by atoms with E-state index in [0.717, 1.165) is 56.9 Å². The van der Waals surface area contributed by atoms with E-state index in [4.69, 9.17) is 9.47 Å². The number of rotatable bonds is 4. The first-order chi connectivity index (χ1) is 14.1. The lowest BCUT2D eigenvalue weighted by molar-refractivity contribution is 0.0746. The number of aryl methyl sites for hydroxylation is 1. The zero-order chi connectivity index (χ0) is 20.2. The standard InChI is InChI=1S/C21H27N5O3/c1-16-22-19(15-20(23-16)25-10-12-29-13-11-25)24-6-8-26(9-7-24)21(27)17-4-3-5-18(14-17)28-2/h3-5,14-15H,6-13H2,1-2H3. The predicted octanol–water partition coefficient (Wildman–Crippen LogP) is 1.59. The van der Waals surface area contributed by atoms with Crippen LogP contribution in [-0.4, -0.2) is 80.4 Å². The minimum atomic E-state index is 0.0384. The van der Waals surface area contributed by atoms with Gasteiger partial charge in [0.05, 0.1) is 20.3 Å². The lowest BCUT2D eigenvalue weighted by atomic mass is 10.1. The number of ether oxygens (including phenoxy) is 2. The Morgan fingerprint density at radius 2 is 1.62 bits per heavy atom. The van der Waals surface area contributed by atoms with Crippen molar-refractivity contribution >= 4 is 17.5 Å². The number of amides is 1. The highest BCUT2D eigenvalue weighted by Gasteiger charge is 2.24. The molecule has 2 aromatic rings. The molecule has 0 atom stereocenters. The van der Waals surface area contributed by atoms with Crippen molar-refractivity contribution in [2.75, 3.05) is 69.4 Å². The number of hydrogen-bond donors (Lipinski definition) is 0. The Morgan fingerprint density at radius 1 is 0.966 bits per heavy atom. The van der Waals surface area contributed by atoms with Crippen LogP contribution in [0.15, 0.2) is 30.3 Å². The fraction of sp³-hybridized carbons (Fsp3) is 0.476. The van der Waals surface area contributed by atoms with E-state index < -0.39 is 0 Å². The number of benzene rings is 1. The van der Waals surface area contributed by atoms with E-state index in [1.54, 1.807) is 13.2 Å². The van der Waals surface area contributed by atoms with Gasteiger partial charge in [-0.25, -0.2) is 9.97 Å². The molecule has 0 radical (unpaired) electrons. The number of morpholine rings is 1.